The van der Waals surface area contributed by atoms with Crippen molar-refractivity contribution in [2.24, 2.45) is 5.10 Å². The van der Waals surface area contributed by atoms with Crippen LogP contribution in [-0.2, 0) is 0 Å². The van der Waals surface area contributed by atoms with E-state index in [0.717, 1.165) is 27.9 Å². The maximum Gasteiger partial charge on any atom is 0.573 e. The summed E-state index contributed by atoms with van der Waals surface area (Å²) in [6.07, 6.45) is 0.433. The summed E-state index contributed by atoms with van der Waals surface area (Å²) in [5, 5.41) is 12.2. The summed E-state index contributed by atoms with van der Waals surface area (Å²) in [6, 6.07) is 17.0. The van der Waals surface area contributed by atoms with E-state index in [1.165, 1.54) is 40.2 Å². The third-order valence-electron chi connectivity index (χ3n) is 5.36. The number of thioether (sulfide) groups is 1. The number of aryl methyl sites for hydroxylation is 2. The Morgan fingerprint density at radius 1 is 1.05 bits per heavy atom. The van der Waals surface area contributed by atoms with Crippen LogP contribution in [0.1, 0.15) is 16.7 Å². The van der Waals surface area contributed by atoms with Gasteiger partial charge in [0.25, 0.3) is 0 Å². The number of hydrazone groups is 1. The Hall–Kier alpha value is -3.90. The van der Waals surface area contributed by atoms with Gasteiger partial charge in [0.05, 0.1) is 11.9 Å². The van der Waals surface area contributed by atoms with Crippen LogP contribution in [-0.4, -0.2) is 38.7 Å². The Bertz CT molecular complexity index is 1430. The van der Waals surface area contributed by atoms with Gasteiger partial charge >= 0.3 is 6.36 Å². The molecule has 0 aliphatic carbocycles. The second-order valence-electron chi connectivity index (χ2n) is 8.14. The lowest BCUT2D eigenvalue weighted by molar-refractivity contribution is -0.274. The molecule has 0 radical (unpaired) electrons. The zero-order chi connectivity index (χ0) is 27.3. The maximum atomic E-state index is 12.3. The number of benzene rings is 3. The van der Waals surface area contributed by atoms with Crippen LogP contribution in [0, 0.1) is 13.8 Å². The number of nitrogens with zero attached hydrogens (tertiary/aromatic N) is 4. The molecule has 12 heteroatoms. The van der Waals surface area contributed by atoms with E-state index in [9.17, 15) is 13.2 Å². The predicted octanol–water partition coefficient (Wildman–Crippen LogP) is 6.49. The van der Waals surface area contributed by atoms with Gasteiger partial charge in [0.15, 0.2) is 10.9 Å². The first-order valence-corrected chi connectivity index (χ1v) is 12.9. The molecule has 0 spiro atoms. The molecule has 4 aromatic rings. The molecule has 0 fully saturated rings. The number of alkyl halides is 3. The molecule has 0 bridgehead atoms. The number of ether oxygens (including phenoxy) is 1. The number of halogens is 3. The summed E-state index contributed by atoms with van der Waals surface area (Å²) < 4.78 is 42.4. The summed E-state index contributed by atoms with van der Waals surface area (Å²) >= 11 is 7.07. The van der Waals surface area contributed by atoms with Crippen LogP contribution in [0.15, 0.2) is 77.0 Å². The molecule has 4 rings (SSSR count). The average Bonchev–Trinajstić information content (AvgIpc) is 3.36. The molecule has 0 unspecified atom stereocenters. The number of nitrogens with one attached hydrogen (secondary N) is 2. The Morgan fingerprint density at radius 3 is 2.32 bits per heavy atom. The standard InChI is InChI=1S/C26H23F3N6OS2/c1-16-12-22(38-3)13-17(2)23(16)32-25(37)33-31-14-18-4-6-19(7-5-18)24-30-15-35(34-24)20-8-10-21(11-9-20)36-26(27,28)29/h4-15H,1-3H3,(H2,32,33,37)/b31-14+. The number of anilines is 1. The minimum absolute atomic E-state index is 0.306. The van der Waals surface area contributed by atoms with Crippen molar-refractivity contribution in [3.63, 3.8) is 0 Å². The van der Waals surface area contributed by atoms with Gasteiger partial charge in [-0.1, -0.05) is 24.3 Å². The van der Waals surface area contributed by atoms with Crippen LogP contribution in [0.25, 0.3) is 17.1 Å². The quantitative estimate of drug-likeness (QED) is 0.117. The van der Waals surface area contributed by atoms with Gasteiger partial charge in [-0.3, -0.25) is 5.43 Å². The van der Waals surface area contributed by atoms with Crippen LogP contribution in [0.4, 0.5) is 18.9 Å². The summed E-state index contributed by atoms with van der Waals surface area (Å²) in [6.45, 7) is 4.06. The lowest BCUT2D eigenvalue weighted by Crippen LogP contribution is -2.24. The fraction of sp³-hybridized carbons (Fsp3) is 0.154. The highest BCUT2D eigenvalue weighted by Gasteiger charge is 2.31. The van der Waals surface area contributed by atoms with E-state index >= 15 is 0 Å². The minimum atomic E-state index is -4.74. The molecule has 0 saturated carbocycles. The molecule has 0 aliphatic rings. The molecular formula is C26H23F3N6OS2. The highest BCUT2D eigenvalue weighted by Crippen LogP contribution is 2.27. The van der Waals surface area contributed by atoms with Crippen molar-refractivity contribution in [1.82, 2.24) is 20.2 Å². The zero-order valence-corrected chi connectivity index (χ0v) is 22.2. The fourth-order valence-electron chi connectivity index (χ4n) is 3.58. The van der Waals surface area contributed by atoms with Crippen molar-refractivity contribution in [1.29, 1.82) is 0 Å². The Labute approximate surface area is 227 Å². The molecule has 7 nitrogen and oxygen atoms in total. The van der Waals surface area contributed by atoms with Gasteiger partial charge in [-0.25, -0.2) is 9.67 Å². The Balaban J connectivity index is 1.35. The fourth-order valence-corrected chi connectivity index (χ4v) is 4.33. The summed E-state index contributed by atoms with van der Waals surface area (Å²) in [5.41, 5.74) is 8.13. The van der Waals surface area contributed by atoms with Crippen molar-refractivity contribution in [3.8, 4) is 22.8 Å². The molecule has 0 aliphatic heterocycles. The molecular weight excluding hydrogens is 533 g/mol. The minimum Gasteiger partial charge on any atom is -0.406 e. The van der Waals surface area contributed by atoms with Crippen LogP contribution in [0.5, 0.6) is 5.75 Å². The number of hydrogen-bond acceptors (Lipinski definition) is 6. The van der Waals surface area contributed by atoms with Crippen molar-refractivity contribution in [2.45, 2.75) is 25.1 Å². The lowest BCUT2D eigenvalue weighted by Gasteiger charge is -2.14. The first kappa shape index (κ1) is 27.1. The molecule has 2 N–H and O–H groups in total. The molecule has 1 heterocycles. The van der Waals surface area contributed by atoms with Crippen molar-refractivity contribution in [3.05, 3.63) is 83.7 Å². The maximum absolute atomic E-state index is 12.3. The summed E-state index contributed by atoms with van der Waals surface area (Å²) in [5.74, 6) is 0.158. The van der Waals surface area contributed by atoms with Gasteiger partial charge in [0.1, 0.15) is 12.1 Å². The normalized spacial score (nSPS) is 11.5. The number of aromatic nitrogens is 3. The third-order valence-corrected chi connectivity index (χ3v) is 6.26. The van der Waals surface area contributed by atoms with Gasteiger partial charge < -0.3 is 10.1 Å². The van der Waals surface area contributed by atoms with Gasteiger partial charge in [0.2, 0.25) is 0 Å². The number of rotatable bonds is 7. The predicted molar refractivity (Wildman–Crippen MR) is 148 cm³/mol. The van der Waals surface area contributed by atoms with E-state index in [0.29, 0.717) is 16.6 Å². The van der Waals surface area contributed by atoms with E-state index < -0.39 is 6.36 Å². The first-order chi connectivity index (χ1) is 18.1. The smallest absolute Gasteiger partial charge is 0.406 e. The third kappa shape index (κ3) is 7.11. The van der Waals surface area contributed by atoms with Crippen LogP contribution in [0.2, 0.25) is 0 Å². The first-order valence-electron chi connectivity index (χ1n) is 11.2. The Morgan fingerprint density at radius 2 is 1.71 bits per heavy atom. The number of thiocarbonyl (C=S) groups is 1. The van der Waals surface area contributed by atoms with E-state index in [-0.39, 0.29) is 5.75 Å². The van der Waals surface area contributed by atoms with Crippen LogP contribution in [0.3, 0.4) is 0 Å². The van der Waals surface area contributed by atoms with E-state index in [2.05, 4.69) is 42.8 Å². The second-order valence-corrected chi connectivity index (χ2v) is 9.42. The molecule has 38 heavy (non-hydrogen) atoms. The lowest BCUT2D eigenvalue weighted by atomic mass is 10.1. The highest BCUT2D eigenvalue weighted by atomic mass is 32.2. The van der Waals surface area contributed by atoms with Gasteiger partial charge in [-0.2, -0.15) is 5.10 Å². The molecule has 196 valence electrons. The Kier molecular flexibility index (Phi) is 8.32. The SMILES string of the molecule is CSc1cc(C)c(NC(=S)N/N=C/c2ccc(-c3ncn(-c4ccc(OC(F)(F)F)cc4)n3)cc2)c(C)c1. The monoisotopic (exact) mass is 556 g/mol. The molecule has 0 atom stereocenters. The van der Waals surface area contributed by atoms with Gasteiger partial charge in [-0.15, -0.1) is 30.0 Å². The van der Waals surface area contributed by atoms with Gasteiger partial charge in [-0.05, 0) is 85.4 Å². The highest BCUT2D eigenvalue weighted by molar-refractivity contribution is 7.98. The average molecular weight is 557 g/mol. The van der Waals surface area contributed by atoms with Crippen LogP contribution >= 0.6 is 24.0 Å². The molecule has 0 saturated heterocycles. The number of hydrogen-bond donors (Lipinski definition) is 2. The zero-order valence-electron chi connectivity index (χ0n) is 20.6. The van der Waals surface area contributed by atoms with Crippen molar-refractivity contribution in [2.75, 3.05) is 11.6 Å². The largest absolute Gasteiger partial charge is 0.573 e. The summed E-state index contributed by atoms with van der Waals surface area (Å²) in [4.78, 5) is 5.49. The van der Waals surface area contributed by atoms with E-state index in [4.69, 9.17) is 12.2 Å². The second kappa shape index (κ2) is 11.7. The summed E-state index contributed by atoms with van der Waals surface area (Å²) in [7, 11) is 0. The van der Waals surface area contributed by atoms with Gasteiger partial charge in [0, 0.05) is 16.1 Å². The van der Waals surface area contributed by atoms with Crippen LogP contribution < -0.4 is 15.5 Å². The molecule has 1 aromatic heterocycles. The topological polar surface area (TPSA) is 76.4 Å². The van der Waals surface area contributed by atoms with E-state index in [1.807, 2.05) is 44.4 Å². The van der Waals surface area contributed by atoms with Crippen molar-refractivity contribution >= 4 is 41.0 Å². The van der Waals surface area contributed by atoms with E-state index in [1.54, 1.807) is 18.0 Å². The molecule has 0 amide bonds. The molecule has 3 aromatic carbocycles. The van der Waals surface area contributed by atoms with Crippen molar-refractivity contribution < 1.29 is 17.9 Å².